The van der Waals surface area contributed by atoms with Crippen LogP contribution in [0.2, 0.25) is 0 Å². The van der Waals surface area contributed by atoms with Crippen LogP contribution in [-0.4, -0.2) is 21.2 Å². The Morgan fingerprint density at radius 3 is 2.64 bits per heavy atom. The predicted molar refractivity (Wildman–Crippen MR) is 99.1 cm³/mol. The largest absolute Gasteiger partial charge is 0.478 e. The number of aromatic carboxylic acids is 1. The maximum atomic E-state index is 11.8. The van der Waals surface area contributed by atoms with Gasteiger partial charge in [-0.15, -0.1) is 11.3 Å². The van der Waals surface area contributed by atoms with E-state index >= 15 is 0 Å². The second kappa shape index (κ2) is 6.77. The van der Waals surface area contributed by atoms with Crippen molar-refractivity contribution in [3.8, 4) is 0 Å². The topological polar surface area (TPSA) is 82.5 Å². The molecule has 0 saturated carbocycles. The van der Waals surface area contributed by atoms with Crippen molar-refractivity contribution in [1.29, 1.82) is 0 Å². The molecular formula is C19H24N2O3S. The number of aliphatic hydroxyl groups excluding tert-OH is 1. The Labute approximate surface area is 151 Å². The molecule has 0 fully saturated rings. The summed E-state index contributed by atoms with van der Waals surface area (Å²) in [5.74, 6) is -0.394. The number of nitrogens with zero attached hydrogens (tertiary/aromatic N) is 1. The van der Waals surface area contributed by atoms with E-state index in [-0.39, 0.29) is 5.41 Å². The van der Waals surface area contributed by atoms with Crippen molar-refractivity contribution in [2.24, 2.45) is 11.3 Å². The Hall–Kier alpha value is -1.92. The molecule has 0 radical (unpaired) electrons. The standard InChI is InChI=1S/C19H24N2O3S/c1-19(2,3)12-4-5-13-14(10-12)25-17(15(13)18(23)24)21-16(22)11-6-8-20-9-7-11/h6-9,12,16,21-22H,4-5,10H2,1-3H3,(H,23,24). The number of thiophene rings is 1. The maximum absolute atomic E-state index is 11.8. The summed E-state index contributed by atoms with van der Waals surface area (Å²) in [6, 6.07) is 3.42. The summed E-state index contributed by atoms with van der Waals surface area (Å²) in [4.78, 5) is 16.9. The second-order valence-corrected chi connectivity index (χ2v) is 8.75. The number of anilines is 1. The van der Waals surface area contributed by atoms with Gasteiger partial charge in [0.15, 0.2) is 6.23 Å². The minimum absolute atomic E-state index is 0.204. The van der Waals surface area contributed by atoms with E-state index in [1.807, 2.05) is 0 Å². The average molecular weight is 360 g/mol. The van der Waals surface area contributed by atoms with E-state index in [1.54, 1.807) is 24.5 Å². The van der Waals surface area contributed by atoms with Gasteiger partial charge in [-0.2, -0.15) is 0 Å². The van der Waals surface area contributed by atoms with Crippen LogP contribution in [0.15, 0.2) is 24.5 Å². The van der Waals surface area contributed by atoms with E-state index in [1.165, 1.54) is 11.3 Å². The summed E-state index contributed by atoms with van der Waals surface area (Å²) < 4.78 is 0. The lowest BCUT2D eigenvalue weighted by atomic mass is 9.72. The van der Waals surface area contributed by atoms with Crippen LogP contribution in [0.4, 0.5) is 5.00 Å². The Kier molecular flexibility index (Phi) is 4.84. The normalized spacial score (nSPS) is 18.5. The molecule has 0 aliphatic heterocycles. The molecule has 3 rings (SSSR count). The van der Waals surface area contributed by atoms with Crippen LogP contribution in [0.25, 0.3) is 0 Å². The molecule has 0 amide bonds. The van der Waals surface area contributed by atoms with Crippen molar-refractivity contribution in [3.63, 3.8) is 0 Å². The van der Waals surface area contributed by atoms with Gasteiger partial charge >= 0.3 is 5.97 Å². The minimum Gasteiger partial charge on any atom is -0.478 e. The van der Waals surface area contributed by atoms with Gasteiger partial charge in [0.05, 0.1) is 5.56 Å². The first-order chi connectivity index (χ1) is 11.8. The molecule has 134 valence electrons. The summed E-state index contributed by atoms with van der Waals surface area (Å²) in [7, 11) is 0. The number of aromatic nitrogens is 1. The van der Waals surface area contributed by atoms with Gasteiger partial charge in [0, 0.05) is 22.8 Å². The molecule has 0 bridgehead atoms. The van der Waals surface area contributed by atoms with E-state index in [9.17, 15) is 15.0 Å². The first-order valence-electron chi connectivity index (χ1n) is 8.49. The Morgan fingerprint density at radius 2 is 2.04 bits per heavy atom. The molecule has 2 aromatic heterocycles. The Balaban J connectivity index is 1.90. The third kappa shape index (κ3) is 3.70. The molecule has 2 heterocycles. The van der Waals surface area contributed by atoms with Gasteiger partial charge in [0.2, 0.25) is 0 Å². The number of carboxylic acid groups (broad SMARTS) is 1. The third-order valence-electron chi connectivity index (χ3n) is 4.99. The zero-order chi connectivity index (χ0) is 18.2. The highest BCUT2D eigenvalue weighted by Crippen LogP contribution is 2.44. The Bertz CT molecular complexity index is 765. The molecule has 2 aromatic rings. The van der Waals surface area contributed by atoms with Gasteiger partial charge in [-0.05, 0) is 48.3 Å². The summed E-state index contributed by atoms with van der Waals surface area (Å²) in [6.45, 7) is 6.71. The van der Waals surface area contributed by atoms with Crippen molar-refractivity contribution in [2.75, 3.05) is 5.32 Å². The lowest BCUT2D eigenvalue weighted by Gasteiger charge is -2.33. The lowest BCUT2D eigenvalue weighted by molar-refractivity contribution is 0.0696. The Morgan fingerprint density at radius 1 is 1.36 bits per heavy atom. The van der Waals surface area contributed by atoms with Gasteiger partial charge in [-0.3, -0.25) is 4.98 Å². The number of rotatable bonds is 4. The zero-order valence-corrected chi connectivity index (χ0v) is 15.6. The van der Waals surface area contributed by atoms with Gasteiger partial charge < -0.3 is 15.5 Å². The fourth-order valence-corrected chi connectivity index (χ4v) is 4.75. The van der Waals surface area contributed by atoms with Crippen LogP contribution >= 0.6 is 11.3 Å². The van der Waals surface area contributed by atoms with E-state index in [0.717, 1.165) is 29.7 Å². The minimum atomic E-state index is -0.959. The first-order valence-corrected chi connectivity index (χ1v) is 9.31. The third-order valence-corrected chi connectivity index (χ3v) is 6.18. The lowest BCUT2D eigenvalue weighted by Crippen LogP contribution is -2.26. The van der Waals surface area contributed by atoms with Gasteiger partial charge in [-0.1, -0.05) is 20.8 Å². The van der Waals surface area contributed by atoms with E-state index < -0.39 is 12.2 Å². The predicted octanol–water partition coefficient (Wildman–Crippen LogP) is 4.10. The molecule has 0 saturated heterocycles. The van der Waals surface area contributed by atoms with Gasteiger partial charge in [-0.25, -0.2) is 4.79 Å². The van der Waals surface area contributed by atoms with E-state index in [0.29, 0.717) is 22.0 Å². The molecule has 0 aromatic carbocycles. The smallest absolute Gasteiger partial charge is 0.338 e. The SMILES string of the molecule is CC(C)(C)C1CCc2c(sc(NC(O)c3ccncc3)c2C(=O)O)C1. The van der Waals surface area contributed by atoms with Crippen LogP contribution in [0.1, 0.15) is 59.8 Å². The molecule has 2 atom stereocenters. The van der Waals surface area contributed by atoms with Crippen molar-refractivity contribution >= 4 is 22.3 Å². The highest BCUT2D eigenvalue weighted by molar-refractivity contribution is 7.16. The summed E-state index contributed by atoms with van der Waals surface area (Å²) in [6.07, 6.45) is 4.93. The summed E-state index contributed by atoms with van der Waals surface area (Å²) in [5, 5.41) is 23.6. The van der Waals surface area contributed by atoms with Crippen molar-refractivity contribution < 1.29 is 15.0 Å². The molecule has 3 N–H and O–H groups in total. The number of fused-ring (bicyclic) bond motifs is 1. The molecule has 1 aliphatic carbocycles. The number of pyridine rings is 1. The highest BCUT2D eigenvalue weighted by atomic mass is 32.1. The first kappa shape index (κ1) is 17.9. The van der Waals surface area contributed by atoms with Crippen molar-refractivity contribution in [3.05, 3.63) is 46.1 Å². The fourth-order valence-electron chi connectivity index (χ4n) is 3.41. The molecular weight excluding hydrogens is 336 g/mol. The molecule has 5 nitrogen and oxygen atoms in total. The second-order valence-electron chi connectivity index (χ2n) is 7.65. The van der Waals surface area contributed by atoms with E-state index in [4.69, 9.17) is 0 Å². The molecule has 0 spiro atoms. The monoisotopic (exact) mass is 360 g/mol. The van der Waals surface area contributed by atoms with Gasteiger partial charge in [0.25, 0.3) is 0 Å². The van der Waals surface area contributed by atoms with Crippen LogP contribution in [0, 0.1) is 11.3 Å². The molecule has 2 unspecified atom stereocenters. The highest BCUT2D eigenvalue weighted by Gasteiger charge is 2.34. The maximum Gasteiger partial charge on any atom is 0.338 e. The number of carbonyl (C=O) groups is 1. The van der Waals surface area contributed by atoms with Gasteiger partial charge in [0.1, 0.15) is 5.00 Å². The number of hydrogen-bond donors (Lipinski definition) is 3. The average Bonchev–Trinajstić information content (AvgIpc) is 2.91. The van der Waals surface area contributed by atoms with Crippen LogP contribution in [-0.2, 0) is 12.8 Å². The summed E-state index contributed by atoms with van der Waals surface area (Å²) >= 11 is 1.47. The molecule has 6 heteroatoms. The van der Waals surface area contributed by atoms with Crippen molar-refractivity contribution in [1.82, 2.24) is 4.98 Å². The number of nitrogens with one attached hydrogen (secondary N) is 1. The fraction of sp³-hybridized carbons (Fsp3) is 0.474. The number of carboxylic acids is 1. The number of hydrogen-bond acceptors (Lipinski definition) is 5. The van der Waals surface area contributed by atoms with Crippen molar-refractivity contribution in [2.45, 2.75) is 46.3 Å². The van der Waals surface area contributed by atoms with Crippen LogP contribution in [0.3, 0.4) is 0 Å². The number of aliphatic hydroxyl groups is 1. The summed E-state index contributed by atoms with van der Waals surface area (Å²) in [5.41, 5.74) is 2.11. The molecule has 25 heavy (non-hydrogen) atoms. The van der Waals surface area contributed by atoms with Crippen LogP contribution < -0.4 is 5.32 Å². The van der Waals surface area contributed by atoms with Crippen LogP contribution in [0.5, 0.6) is 0 Å². The van der Waals surface area contributed by atoms with E-state index in [2.05, 4.69) is 31.1 Å². The molecule has 1 aliphatic rings. The zero-order valence-electron chi connectivity index (χ0n) is 14.7. The quantitative estimate of drug-likeness (QED) is 0.715.